The van der Waals surface area contributed by atoms with Crippen LogP contribution in [0.3, 0.4) is 0 Å². The van der Waals surface area contributed by atoms with Gasteiger partial charge in [0, 0.05) is 0 Å². The van der Waals surface area contributed by atoms with Gasteiger partial charge in [-0.3, -0.25) is 0 Å². The quantitative estimate of drug-likeness (QED) is 0.357. The molecule has 0 aliphatic carbocycles. The van der Waals surface area contributed by atoms with Crippen molar-refractivity contribution in [2.75, 3.05) is 0 Å². The van der Waals surface area contributed by atoms with Gasteiger partial charge in [-0.25, -0.2) is 4.79 Å². The third kappa shape index (κ3) is 228. The number of urea groups is 1. The minimum absolute atomic E-state index is 0. The van der Waals surface area contributed by atoms with Crippen molar-refractivity contribution < 1.29 is 7.65 Å². The summed E-state index contributed by atoms with van der Waals surface area (Å²) >= 11 is 0. The number of hydrogen-bond acceptors (Lipinski definition) is 2. The van der Waals surface area contributed by atoms with E-state index in [0.717, 1.165) is 0 Å². The molecule has 7 N–H and O–H groups in total. The topological polar surface area (TPSA) is 104 Å². The number of hydrogen-bond donors (Lipinski definition) is 3. The molecular weight excluding hydrogens is 110 g/mol. The number of carbonyl (C=O) groups excluding carboxylic acids is 1. The summed E-state index contributed by atoms with van der Waals surface area (Å²) in [5.41, 5.74) is 8.50. The van der Waals surface area contributed by atoms with Gasteiger partial charge >= 0.3 is 43.8 Å². The van der Waals surface area contributed by atoms with Crippen LogP contribution in [0.2, 0.25) is 0 Å². The maximum Gasteiger partial charge on any atom is 2.00 e. The number of amides is 2. The molecule has 0 atom stereocenters. The van der Waals surface area contributed by atoms with Crippen molar-refractivity contribution in [1.29, 1.82) is 0 Å². The van der Waals surface area contributed by atoms with E-state index in [1.54, 1.807) is 0 Å². The Labute approximate surface area is 68.8 Å². The van der Waals surface area contributed by atoms with Crippen molar-refractivity contribution in [3.63, 3.8) is 0 Å². The first-order valence-corrected chi connectivity index (χ1v) is 0.781. The first-order valence-electron chi connectivity index (χ1n) is 0.781. The van der Waals surface area contributed by atoms with Gasteiger partial charge in [-0.15, -0.1) is 0 Å². The van der Waals surface area contributed by atoms with E-state index >= 15 is 0 Å². The van der Waals surface area contributed by atoms with Crippen LogP contribution in [-0.2, 0) is 0 Å². The molecule has 0 aromatic carbocycles. The Bertz CT molecular complexity index is 40.3. The fourth-order valence-electron chi connectivity index (χ4n) is 0. The summed E-state index contributed by atoms with van der Waals surface area (Å²) in [6, 6.07) is -0.833. The normalized spacial score (nSPS) is 4.00. The average Bonchev–Trinajstić information content (AvgIpc) is 0.811. The summed E-state index contributed by atoms with van der Waals surface area (Å²) in [6.07, 6.45) is 0. The maximum atomic E-state index is 9.00. The Morgan fingerprint density at radius 3 is 1.50 bits per heavy atom. The minimum Gasteiger partial charge on any atom is -1.00 e. The second-order valence-corrected chi connectivity index (χ2v) is 0.402. The predicted octanol–water partition coefficient (Wildman–Crippen LogP) is -0.970. The standard InChI is InChI=1S/CH4N2O.Ca.H3N.2H/c2-1(3)4;;;;/h(H4,2,3,4);;1H3;;/q;+2;;2*-1. The minimum atomic E-state index is -0.833. The third-order valence-corrected chi connectivity index (χ3v) is 0. The molecule has 2 amide bonds. The molecule has 4 nitrogen and oxygen atoms in total. The van der Waals surface area contributed by atoms with Crippen LogP contribution in [0, 0.1) is 0 Å². The number of carbonyl (C=O) groups is 1. The van der Waals surface area contributed by atoms with Crippen LogP contribution in [0.4, 0.5) is 4.79 Å². The molecule has 0 saturated carbocycles. The Balaban J connectivity index is -0.00000000750. The molecule has 0 bridgehead atoms. The van der Waals surface area contributed by atoms with E-state index in [0.29, 0.717) is 0 Å². The smallest absolute Gasteiger partial charge is 1.00 e. The molecule has 5 heteroatoms. The molecular formula is CH9CaN3O. The molecule has 0 fully saturated rings. The average molecular weight is 119 g/mol. The molecule has 0 heterocycles. The SMILES string of the molecule is N.NC(N)=O.[Ca+2].[H-].[H-]. The van der Waals surface area contributed by atoms with Crippen LogP contribution < -0.4 is 17.6 Å². The molecule has 0 aromatic rings. The maximum absolute atomic E-state index is 9.00. The zero-order chi connectivity index (χ0) is 3.58. The monoisotopic (exact) mass is 119 g/mol. The molecule has 0 rings (SSSR count). The molecule has 0 radical (unpaired) electrons. The Morgan fingerprint density at radius 2 is 1.50 bits per heavy atom. The molecule has 0 saturated heterocycles. The Morgan fingerprint density at radius 1 is 1.50 bits per heavy atom. The van der Waals surface area contributed by atoms with Crippen LogP contribution in [0.5, 0.6) is 0 Å². The summed E-state index contributed by atoms with van der Waals surface area (Å²) in [4.78, 5) is 9.00. The van der Waals surface area contributed by atoms with Crippen LogP contribution in [-0.4, -0.2) is 43.8 Å². The van der Waals surface area contributed by atoms with Gasteiger partial charge < -0.3 is 20.5 Å². The van der Waals surface area contributed by atoms with E-state index in [4.69, 9.17) is 4.79 Å². The summed E-state index contributed by atoms with van der Waals surface area (Å²) in [6.45, 7) is 0. The van der Waals surface area contributed by atoms with E-state index in [1.807, 2.05) is 0 Å². The van der Waals surface area contributed by atoms with Crippen molar-refractivity contribution in [3.8, 4) is 0 Å². The van der Waals surface area contributed by atoms with Gasteiger partial charge in [0.25, 0.3) is 0 Å². The van der Waals surface area contributed by atoms with Gasteiger partial charge in [-0.2, -0.15) is 0 Å². The molecule has 0 aliphatic rings. The van der Waals surface area contributed by atoms with E-state index in [1.165, 1.54) is 0 Å². The summed E-state index contributed by atoms with van der Waals surface area (Å²) in [5, 5.41) is 0. The van der Waals surface area contributed by atoms with E-state index < -0.39 is 6.03 Å². The van der Waals surface area contributed by atoms with E-state index in [9.17, 15) is 0 Å². The molecule has 0 aliphatic heterocycles. The summed E-state index contributed by atoms with van der Waals surface area (Å²) < 4.78 is 0. The van der Waals surface area contributed by atoms with Crippen molar-refractivity contribution in [1.82, 2.24) is 6.15 Å². The van der Waals surface area contributed by atoms with Crippen LogP contribution in [0.25, 0.3) is 0 Å². The first kappa shape index (κ1) is 16.1. The second-order valence-electron chi connectivity index (χ2n) is 0.402. The van der Waals surface area contributed by atoms with Gasteiger partial charge in [0.15, 0.2) is 0 Å². The molecule has 0 unspecified atom stereocenters. The number of rotatable bonds is 0. The third-order valence-electron chi connectivity index (χ3n) is 0. The number of primary amides is 2. The van der Waals surface area contributed by atoms with Gasteiger partial charge in [0.1, 0.15) is 0 Å². The first-order chi connectivity index (χ1) is 1.73. The van der Waals surface area contributed by atoms with Gasteiger partial charge in [0.05, 0.1) is 0 Å². The van der Waals surface area contributed by atoms with Crippen LogP contribution in [0.15, 0.2) is 0 Å². The number of nitrogens with two attached hydrogens (primary N) is 2. The predicted molar refractivity (Wildman–Crippen MR) is 26.8 cm³/mol. The van der Waals surface area contributed by atoms with Gasteiger partial charge in [0.2, 0.25) is 0 Å². The van der Waals surface area contributed by atoms with E-state index in [-0.39, 0.29) is 46.7 Å². The van der Waals surface area contributed by atoms with Gasteiger partial charge in [-0.05, 0) is 0 Å². The molecule has 0 spiro atoms. The van der Waals surface area contributed by atoms with Crippen molar-refractivity contribution in [2.24, 2.45) is 11.5 Å². The molecule has 36 valence electrons. The Kier molecular flexibility index (Phi) is 24.3. The zero-order valence-electron chi connectivity index (χ0n) is 5.48. The zero-order valence-corrected chi connectivity index (χ0v) is 5.69. The molecule has 0 aromatic heterocycles. The van der Waals surface area contributed by atoms with Crippen molar-refractivity contribution >= 4 is 43.8 Å². The fourth-order valence-corrected chi connectivity index (χ4v) is 0. The van der Waals surface area contributed by atoms with Gasteiger partial charge in [-0.1, -0.05) is 0 Å². The van der Waals surface area contributed by atoms with Crippen molar-refractivity contribution in [2.45, 2.75) is 0 Å². The second kappa shape index (κ2) is 9.09. The van der Waals surface area contributed by atoms with Crippen molar-refractivity contribution in [3.05, 3.63) is 0 Å². The Hall–Kier alpha value is 0.490. The van der Waals surface area contributed by atoms with E-state index in [2.05, 4.69) is 11.5 Å². The molecule has 6 heavy (non-hydrogen) atoms. The van der Waals surface area contributed by atoms with Crippen LogP contribution in [0.1, 0.15) is 2.85 Å². The largest absolute Gasteiger partial charge is 2.00 e. The summed E-state index contributed by atoms with van der Waals surface area (Å²) in [7, 11) is 0. The fraction of sp³-hybridized carbons (Fsp3) is 0. The van der Waals surface area contributed by atoms with Crippen LogP contribution >= 0.6 is 0 Å². The summed E-state index contributed by atoms with van der Waals surface area (Å²) in [5.74, 6) is 0.